The number of benzene rings is 7. The Balaban J connectivity index is 0.922. The summed E-state index contributed by atoms with van der Waals surface area (Å²) >= 11 is 0. The van der Waals surface area contributed by atoms with Crippen LogP contribution in [0.25, 0.3) is 112 Å². The van der Waals surface area contributed by atoms with Gasteiger partial charge in [-0.2, -0.15) is 0 Å². The minimum atomic E-state index is 0.528. The monoisotopic (exact) mass is 756 g/mol. The number of rotatable bonds is 7. The third kappa shape index (κ3) is 6.46. The number of pyridine rings is 1. The van der Waals surface area contributed by atoms with E-state index in [9.17, 15) is 0 Å². The van der Waals surface area contributed by atoms with E-state index in [1.54, 1.807) is 0 Å². The molecule has 7 heteroatoms. The second-order valence-corrected chi connectivity index (χ2v) is 14.4. The quantitative estimate of drug-likeness (QED) is 0.160. The van der Waals surface area contributed by atoms with Crippen LogP contribution in [0.5, 0.6) is 0 Å². The lowest BCUT2D eigenvalue weighted by Gasteiger charge is -2.10. The standard InChI is InChI=1S/C52H32N6O/c1-5-13-34(14-6-1)45-47-46(55-48(54-45)35-15-7-2-8-16-35)44-31-43(32-53-52(44)59-47)42-28-27-40-29-39(25-26-41(40)30-42)33-21-23-38(24-22-33)51-57-49(36-17-9-3-10-18-36)56-50(58-51)37-19-11-4-12-20-37/h1-32H. The van der Waals surface area contributed by atoms with E-state index in [1.807, 2.05) is 128 Å². The topological polar surface area (TPSA) is 90.5 Å². The molecule has 0 N–H and O–H groups in total. The number of aromatic nitrogens is 6. The molecule has 0 fully saturated rings. The van der Waals surface area contributed by atoms with E-state index >= 15 is 0 Å². The second kappa shape index (κ2) is 14.4. The van der Waals surface area contributed by atoms with Crippen LogP contribution in [-0.4, -0.2) is 29.9 Å². The van der Waals surface area contributed by atoms with Gasteiger partial charge >= 0.3 is 0 Å². The van der Waals surface area contributed by atoms with Crippen LogP contribution in [0.4, 0.5) is 0 Å². The van der Waals surface area contributed by atoms with Crippen molar-refractivity contribution in [3.63, 3.8) is 0 Å². The van der Waals surface area contributed by atoms with Crippen molar-refractivity contribution in [3.8, 4) is 79.1 Å². The minimum Gasteiger partial charge on any atom is -0.434 e. The maximum absolute atomic E-state index is 6.38. The summed E-state index contributed by atoms with van der Waals surface area (Å²) in [6, 6.07) is 63.9. The highest BCUT2D eigenvalue weighted by molar-refractivity contribution is 6.07. The van der Waals surface area contributed by atoms with Gasteiger partial charge in [-0.3, -0.25) is 0 Å². The molecule has 0 atom stereocenters. The first-order chi connectivity index (χ1) is 29.2. The van der Waals surface area contributed by atoms with Crippen LogP contribution in [0, 0.1) is 0 Å². The average molecular weight is 757 g/mol. The van der Waals surface area contributed by atoms with Crippen molar-refractivity contribution < 1.29 is 4.42 Å². The van der Waals surface area contributed by atoms with Crippen LogP contribution in [-0.2, 0) is 0 Å². The lowest BCUT2D eigenvalue weighted by molar-refractivity contribution is 0.653. The molecule has 0 amide bonds. The summed E-state index contributed by atoms with van der Waals surface area (Å²) in [6.45, 7) is 0. The van der Waals surface area contributed by atoms with Crippen LogP contribution < -0.4 is 0 Å². The molecule has 0 saturated heterocycles. The van der Waals surface area contributed by atoms with Gasteiger partial charge in [0.1, 0.15) is 11.2 Å². The normalized spacial score (nSPS) is 11.4. The van der Waals surface area contributed by atoms with Gasteiger partial charge in [-0.15, -0.1) is 0 Å². The van der Waals surface area contributed by atoms with E-state index in [2.05, 4.69) is 66.7 Å². The molecule has 0 radical (unpaired) electrons. The molecular formula is C52H32N6O. The highest BCUT2D eigenvalue weighted by Crippen LogP contribution is 2.37. The maximum atomic E-state index is 6.38. The second-order valence-electron chi connectivity index (χ2n) is 14.4. The number of nitrogens with zero attached hydrogens (tertiary/aromatic N) is 6. The molecular weight excluding hydrogens is 725 g/mol. The Bertz CT molecular complexity index is 3240. The molecule has 7 nitrogen and oxygen atoms in total. The SMILES string of the molecule is c1ccc(-c2nc(-c3ccccc3)nc(-c3ccc(-c4ccc5cc(-c6cnc7oc8c(-c9ccccc9)nc(-c9ccccc9)nc8c7c6)ccc5c4)cc3)n2)cc1. The third-order valence-corrected chi connectivity index (χ3v) is 10.6. The van der Waals surface area contributed by atoms with E-state index in [-0.39, 0.29) is 0 Å². The smallest absolute Gasteiger partial charge is 0.229 e. The molecule has 11 aromatic rings. The van der Waals surface area contributed by atoms with Crippen LogP contribution in [0.15, 0.2) is 199 Å². The zero-order valence-electron chi connectivity index (χ0n) is 31.6. The largest absolute Gasteiger partial charge is 0.434 e. The Hall–Kier alpha value is -8.16. The van der Waals surface area contributed by atoms with Crippen LogP contribution in [0.3, 0.4) is 0 Å². The van der Waals surface area contributed by atoms with Crippen LogP contribution in [0.1, 0.15) is 0 Å². The minimum absolute atomic E-state index is 0.528. The lowest BCUT2D eigenvalue weighted by Crippen LogP contribution is -2.00. The summed E-state index contributed by atoms with van der Waals surface area (Å²) < 4.78 is 6.38. The van der Waals surface area contributed by atoms with Crippen molar-refractivity contribution in [1.29, 1.82) is 0 Å². The first-order valence-corrected chi connectivity index (χ1v) is 19.4. The fraction of sp³-hybridized carbons (Fsp3) is 0. The zero-order valence-corrected chi connectivity index (χ0v) is 31.6. The molecule has 59 heavy (non-hydrogen) atoms. The molecule has 0 aliphatic rings. The van der Waals surface area contributed by atoms with Crippen LogP contribution >= 0.6 is 0 Å². The molecule has 276 valence electrons. The third-order valence-electron chi connectivity index (χ3n) is 10.6. The van der Waals surface area contributed by atoms with E-state index < -0.39 is 0 Å². The van der Waals surface area contributed by atoms with Crippen molar-refractivity contribution in [2.24, 2.45) is 0 Å². The summed E-state index contributed by atoms with van der Waals surface area (Å²) in [7, 11) is 0. The summed E-state index contributed by atoms with van der Waals surface area (Å²) in [6.07, 6.45) is 1.87. The lowest BCUT2D eigenvalue weighted by atomic mass is 9.97. The van der Waals surface area contributed by atoms with E-state index in [0.717, 1.165) is 77.4 Å². The average Bonchev–Trinajstić information content (AvgIpc) is 3.70. The molecule has 4 heterocycles. The Labute approximate surface area is 339 Å². The number of hydrogen-bond donors (Lipinski definition) is 0. The first-order valence-electron chi connectivity index (χ1n) is 19.4. The molecule has 0 aliphatic carbocycles. The van der Waals surface area contributed by atoms with Crippen molar-refractivity contribution in [3.05, 3.63) is 194 Å². The van der Waals surface area contributed by atoms with E-state index in [1.165, 1.54) is 0 Å². The molecule has 0 spiro atoms. The van der Waals surface area contributed by atoms with Gasteiger partial charge in [0.2, 0.25) is 5.71 Å². The van der Waals surface area contributed by atoms with Crippen molar-refractivity contribution in [2.45, 2.75) is 0 Å². The maximum Gasteiger partial charge on any atom is 0.229 e. The molecule has 0 saturated carbocycles. The van der Waals surface area contributed by atoms with Gasteiger partial charge in [0.25, 0.3) is 0 Å². The summed E-state index contributed by atoms with van der Waals surface area (Å²) in [4.78, 5) is 29.4. The zero-order chi connectivity index (χ0) is 39.1. The van der Waals surface area contributed by atoms with Gasteiger partial charge < -0.3 is 4.42 Å². The van der Waals surface area contributed by atoms with Gasteiger partial charge in [-0.25, -0.2) is 29.9 Å². The summed E-state index contributed by atoms with van der Waals surface area (Å²) in [5, 5.41) is 3.12. The Kier molecular flexibility index (Phi) is 8.33. The molecule has 11 rings (SSSR count). The number of hydrogen-bond acceptors (Lipinski definition) is 7. The Morgan fingerprint density at radius 2 is 0.746 bits per heavy atom. The molecule has 0 bridgehead atoms. The Morgan fingerprint density at radius 3 is 1.27 bits per heavy atom. The fourth-order valence-electron chi connectivity index (χ4n) is 7.55. The highest BCUT2D eigenvalue weighted by atomic mass is 16.3. The number of furan rings is 1. The van der Waals surface area contributed by atoms with Crippen molar-refractivity contribution >= 4 is 33.0 Å². The summed E-state index contributed by atoms with van der Waals surface area (Å²) in [5.41, 5.74) is 11.6. The Morgan fingerprint density at radius 1 is 0.322 bits per heavy atom. The first kappa shape index (κ1) is 34.1. The predicted octanol–water partition coefficient (Wildman–Crippen LogP) is 12.8. The molecule has 0 unspecified atom stereocenters. The highest BCUT2D eigenvalue weighted by Gasteiger charge is 2.20. The van der Waals surface area contributed by atoms with Gasteiger partial charge in [0, 0.05) is 39.6 Å². The van der Waals surface area contributed by atoms with Gasteiger partial charge in [-0.05, 0) is 45.7 Å². The van der Waals surface area contributed by atoms with E-state index in [0.29, 0.717) is 34.6 Å². The van der Waals surface area contributed by atoms with Crippen LogP contribution in [0.2, 0.25) is 0 Å². The van der Waals surface area contributed by atoms with Gasteiger partial charge in [0.15, 0.2) is 28.9 Å². The van der Waals surface area contributed by atoms with Gasteiger partial charge in [-0.1, -0.05) is 170 Å². The van der Waals surface area contributed by atoms with Gasteiger partial charge in [0.05, 0.1) is 5.39 Å². The fourth-order valence-corrected chi connectivity index (χ4v) is 7.55. The molecule has 7 aromatic carbocycles. The molecule has 4 aromatic heterocycles. The molecule has 0 aliphatic heterocycles. The predicted molar refractivity (Wildman–Crippen MR) is 236 cm³/mol. The van der Waals surface area contributed by atoms with Crippen molar-refractivity contribution in [1.82, 2.24) is 29.9 Å². The summed E-state index contributed by atoms with van der Waals surface area (Å²) in [5.74, 6) is 2.56. The van der Waals surface area contributed by atoms with Crippen molar-refractivity contribution in [2.75, 3.05) is 0 Å². The van der Waals surface area contributed by atoms with E-state index in [4.69, 9.17) is 34.3 Å². The number of fused-ring (bicyclic) bond motifs is 4.